The van der Waals surface area contributed by atoms with Crippen molar-refractivity contribution in [2.24, 2.45) is 5.14 Å². The van der Waals surface area contributed by atoms with Crippen LogP contribution in [0.4, 0.5) is 0 Å². The van der Waals surface area contributed by atoms with Gasteiger partial charge in [-0.25, -0.2) is 18.5 Å². The smallest absolute Gasteiger partial charge is 0.278 e. The molecule has 1 aromatic heterocycles. The van der Waals surface area contributed by atoms with E-state index < -0.39 is 10.0 Å². The fourth-order valence-corrected chi connectivity index (χ4v) is 2.28. The van der Waals surface area contributed by atoms with Gasteiger partial charge in [-0.1, -0.05) is 23.5 Å². The number of hydrogen-bond acceptors (Lipinski definition) is 5. The fraction of sp³-hybridized carbons (Fsp3) is 0. The minimum atomic E-state index is -3.78. The molecule has 0 saturated heterocycles. The van der Waals surface area contributed by atoms with Crippen molar-refractivity contribution in [1.82, 2.24) is 4.98 Å². The zero-order valence-electron chi connectivity index (χ0n) is 8.03. The molecule has 0 unspecified atom stereocenters. The maximum atomic E-state index is 11.3. The van der Waals surface area contributed by atoms with Crippen molar-refractivity contribution in [3.63, 3.8) is 0 Å². The van der Waals surface area contributed by atoms with Crippen molar-refractivity contribution in [3.8, 4) is 10.9 Å². The van der Waals surface area contributed by atoms with E-state index in [1.807, 2.05) is 0 Å². The molecule has 7 heteroatoms. The first kappa shape index (κ1) is 11.1. The van der Waals surface area contributed by atoms with Gasteiger partial charge in [-0.05, 0) is 12.1 Å². The molecular formula is C9H8N2O3S2. The second-order valence-electron chi connectivity index (χ2n) is 2.89. The largest absolute Gasteiger partial charge is 0.429 e. The molecule has 5 nitrogen and oxygen atoms in total. The number of aromatic nitrogens is 1. The van der Waals surface area contributed by atoms with Crippen LogP contribution in [0.25, 0.3) is 0 Å². The highest BCUT2D eigenvalue weighted by Gasteiger charge is 2.15. The number of benzene rings is 1. The van der Waals surface area contributed by atoms with Gasteiger partial charge in [0.15, 0.2) is 0 Å². The van der Waals surface area contributed by atoms with Gasteiger partial charge < -0.3 is 4.74 Å². The summed E-state index contributed by atoms with van der Waals surface area (Å²) in [5.41, 5.74) is 0. The van der Waals surface area contributed by atoms with E-state index >= 15 is 0 Å². The Kier molecular flexibility index (Phi) is 2.90. The third kappa shape index (κ3) is 2.38. The van der Waals surface area contributed by atoms with Crippen LogP contribution in [-0.4, -0.2) is 13.4 Å². The number of para-hydroxylation sites is 1. The van der Waals surface area contributed by atoms with Gasteiger partial charge in [0.25, 0.3) is 5.19 Å². The Morgan fingerprint density at radius 1 is 1.31 bits per heavy atom. The topological polar surface area (TPSA) is 82.3 Å². The van der Waals surface area contributed by atoms with Gasteiger partial charge in [0.1, 0.15) is 10.6 Å². The molecule has 0 spiro atoms. The molecule has 1 heterocycles. The standard InChI is InChI=1S/C9H8N2O3S2/c10-16(12,13)8-4-2-1-3-7(8)14-9-11-5-6-15-9/h1-6H,(H2,10,12,13). The van der Waals surface area contributed by atoms with Gasteiger partial charge in [-0.3, -0.25) is 0 Å². The number of nitrogens with two attached hydrogens (primary N) is 1. The Morgan fingerprint density at radius 2 is 2.06 bits per heavy atom. The number of rotatable bonds is 3. The molecule has 0 fully saturated rings. The van der Waals surface area contributed by atoms with E-state index in [1.54, 1.807) is 23.7 Å². The van der Waals surface area contributed by atoms with E-state index in [2.05, 4.69) is 4.98 Å². The van der Waals surface area contributed by atoms with Crippen molar-refractivity contribution < 1.29 is 13.2 Å². The highest BCUT2D eigenvalue weighted by Crippen LogP contribution is 2.28. The molecule has 16 heavy (non-hydrogen) atoms. The van der Waals surface area contributed by atoms with Crippen molar-refractivity contribution in [1.29, 1.82) is 0 Å². The lowest BCUT2D eigenvalue weighted by molar-refractivity contribution is 0.464. The molecule has 0 aliphatic rings. The summed E-state index contributed by atoms with van der Waals surface area (Å²) in [6.07, 6.45) is 1.57. The van der Waals surface area contributed by atoms with E-state index in [-0.39, 0.29) is 10.6 Å². The second-order valence-corrected chi connectivity index (χ2v) is 5.28. The average molecular weight is 256 g/mol. The maximum Gasteiger partial charge on any atom is 0.278 e. The van der Waals surface area contributed by atoms with E-state index in [0.717, 1.165) is 0 Å². The predicted octanol–water partition coefficient (Wildman–Crippen LogP) is 1.58. The lowest BCUT2D eigenvalue weighted by Gasteiger charge is -2.06. The SMILES string of the molecule is NS(=O)(=O)c1ccccc1Oc1nccs1. The molecule has 0 saturated carbocycles. The number of hydrogen-bond donors (Lipinski definition) is 1. The normalized spacial score (nSPS) is 11.3. The molecule has 2 rings (SSSR count). The summed E-state index contributed by atoms with van der Waals surface area (Å²) >= 11 is 1.27. The molecular weight excluding hydrogens is 248 g/mol. The highest BCUT2D eigenvalue weighted by atomic mass is 32.2. The van der Waals surface area contributed by atoms with Crippen LogP contribution in [0.1, 0.15) is 0 Å². The summed E-state index contributed by atoms with van der Waals surface area (Å²) in [6.45, 7) is 0. The van der Waals surface area contributed by atoms with Crippen LogP contribution in [-0.2, 0) is 10.0 Å². The van der Waals surface area contributed by atoms with Crippen molar-refractivity contribution in [2.45, 2.75) is 4.90 Å². The van der Waals surface area contributed by atoms with Crippen molar-refractivity contribution in [3.05, 3.63) is 35.8 Å². The molecule has 0 radical (unpaired) electrons. The Hall–Kier alpha value is -1.44. The summed E-state index contributed by atoms with van der Waals surface area (Å²) < 4.78 is 27.9. The Morgan fingerprint density at radius 3 is 2.69 bits per heavy atom. The van der Waals surface area contributed by atoms with Crippen LogP contribution in [0.15, 0.2) is 40.7 Å². The molecule has 0 amide bonds. The summed E-state index contributed by atoms with van der Waals surface area (Å²) in [5, 5.41) is 7.16. The van der Waals surface area contributed by atoms with Crippen molar-refractivity contribution >= 4 is 21.4 Å². The van der Waals surface area contributed by atoms with E-state index in [9.17, 15) is 8.42 Å². The minimum Gasteiger partial charge on any atom is -0.429 e. The number of sulfonamides is 1. The number of nitrogens with zero attached hydrogens (tertiary/aromatic N) is 1. The van der Waals surface area contributed by atoms with Crippen LogP contribution >= 0.6 is 11.3 Å². The van der Waals surface area contributed by atoms with Gasteiger partial charge in [-0.2, -0.15) is 0 Å². The van der Waals surface area contributed by atoms with E-state index in [4.69, 9.17) is 9.88 Å². The molecule has 0 aliphatic heterocycles. The van der Waals surface area contributed by atoms with Crippen LogP contribution in [0.5, 0.6) is 10.9 Å². The molecule has 1 aromatic carbocycles. The van der Waals surface area contributed by atoms with Gasteiger partial charge in [-0.15, -0.1) is 0 Å². The number of ether oxygens (including phenoxy) is 1. The Bertz CT molecular complexity index is 579. The summed E-state index contributed by atoms with van der Waals surface area (Å²) in [5.74, 6) is 0.181. The maximum absolute atomic E-state index is 11.3. The van der Waals surface area contributed by atoms with Crippen molar-refractivity contribution in [2.75, 3.05) is 0 Å². The van der Waals surface area contributed by atoms with Gasteiger partial charge in [0, 0.05) is 11.6 Å². The molecule has 0 bridgehead atoms. The fourth-order valence-electron chi connectivity index (χ4n) is 1.12. The lowest BCUT2D eigenvalue weighted by Crippen LogP contribution is -2.13. The molecule has 2 N–H and O–H groups in total. The van der Waals surface area contributed by atoms with Crippen LogP contribution < -0.4 is 9.88 Å². The first-order valence-electron chi connectivity index (χ1n) is 4.26. The summed E-state index contributed by atoms with van der Waals surface area (Å²) in [6, 6.07) is 6.16. The predicted molar refractivity (Wildman–Crippen MR) is 60.0 cm³/mol. The first-order chi connectivity index (χ1) is 7.57. The van der Waals surface area contributed by atoms with Crippen LogP contribution in [0.2, 0.25) is 0 Å². The highest BCUT2D eigenvalue weighted by molar-refractivity contribution is 7.89. The van der Waals surface area contributed by atoms with Crippen LogP contribution in [0, 0.1) is 0 Å². The minimum absolute atomic E-state index is 0.0507. The molecule has 0 aliphatic carbocycles. The molecule has 2 aromatic rings. The zero-order valence-corrected chi connectivity index (χ0v) is 9.66. The van der Waals surface area contributed by atoms with Gasteiger partial charge in [0.05, 0.1) is 0 Å². The number of thiazole rings is 1. The zero-order chi connectivity index (χ0) is 11.6. The Balaban J connectivity index is 2.42. The summed E-state index contributed by atoms with van der Waals surface area (Å²) in [7, 11) is -3.78. The summed E-state index contributed by atoms with van der Waals surface area (Å²) in [4.78, 5) is 3.84. The quantitative estimate of drug-likeness (QED) is 0.903. The Labute approximate surface area is 96.6 Å². The van der Waals surface area contributed by atoms with Gasteiger partial charge >= 0.3 is 0 Å². The monoisotopic (exact) mass is 256 g/mol. The lowest BCUT2D eigenvalue weighted by atomic mass is 10.3. The third-order valence-corrected chi connectivity index (χ3v) is 3.36. The number of primary sulfonamides is 1. The molecule has 0 atom stereocenters. The van der Waals surface area contributed by atoms with E-state index in [0.29, 0.717) is 5.19 Å². The van der Waals surface area contributed by atoms with Gasteiger partial charge in [0.2, 0.25) is 10.0 Å². The van der Waals surface area contributed by atoms with E-state index in [1.165, 1.54) is 23.5 Å². The third-order valence-electron chi connectivity index (χ3n) is 1.76. The second kappa shape index (κ2) is 4.20. The molecule has 84 valence electrons. The first-order valence-corrected chi connectivity index (χ1v) is 6.69. The average Bonchev–Trinajstić information content (AvgIpc) is 2.70. The van der Waals surface area contributed by atoms with Crippen LogP contribution in [0.3, 0.4) is 0 Å².